The molecule has 2 fully saturated rings. The molecule has 0 radical (unpaired) electrons. The Morgan fingerprint density at radius 2 is 1.84 bits per heavy atom. The molecule has 0 unspecified atom stereocenters. The van der Waals surface area contributed by atoms with Crippen LogP contribution in [0.5, 0.6) is 0 Å². The lowest BCUT2D eigenvalue weighted by Gasteiger charge is -2.33. The van der Waals surface area contributed by atoms with Crippen LogP contribution in [0.1, 0.15) is 67.9 Å². The summed E-state index contributed by atoms with van der Waals surface area (Å²) < 4.78 is 0. The Morgan fingerprint density at radius 1 is 1.08 bits per heavy atom. The van der Waals surface area contributed by atoms with Gasteiger partial charge < -0.3 is 9.80 Å². The number of carbonyl (C=O) groups excluding carboxylic acids is 1. The lowest BCUT2D eigenvalue weighted by atomic mass is 9.87. The summed E-state index contributed by atoms with van der Waals surface area (Å²) in [4.78, 5) is 26.8. The minimum atomic E-state index is 0.259. The molecular weight excluding hydrogens is 312 g/mol. The summed E-state index contributed by atoms with van der Waals surface area (Å²) in [7, 11) is 2.18. The topological polar surface area (TPSA) is 49.3 Å². The van der Waals surface area contributed by atoms with Gasteiger partial charge in [0, 0.05) is 43.1 Å². The molecule has 1 aromatic rings. The molecule has 1 saturated heterocycles. The van der Waals surface area contributed by atoms with Crippen molar-refractivity contribution in [2.75, 3.05) is 26.7 Å². The molecular formula is C20H30N4O. The fourth-order valence-electron chi connectivity index (χ4n) is 4.59. The molecule has 3 heterocycles. The predicted molar refractivity (Wildman–Crippen MR) is 97.2 cm³/mol. The van der Waals surface area contributed by atoms with Crippen molar-refractivity contribution in [1.29, 1.82) is 0 Å². The number of amides is 1. The van der Waals surface area contributed by atoms with E-state index in [0.717, 1.165) is 63.1 Å². The number of piperidine rings is 1. The summed E-state index contributed by atoms with van der Waals surface area (Å²) in [6, 6.07) is 0. The van der Waals surface area contributed by atoms with E-state index in [1.54, 1.807) is 0 Å². The molecule has 5 heteroatoms. The maximum atomic E-state index is 12.8. The quantitative estimate of drug-likeness (QED) is 0.829. The summed E-state index contributed by atoms with van der Waals surface area (Å²) in [6.07, 6.45) is 11.1. The maximum absolute atomic E-state index is 12.8. The van der Waals surface area contributed by atoms with Gasteiger partial charge in [-0.3, -0.25) is 4.79 Å². The number of likely N-dealkylation sites (tertiary alicyclic amines) is 1. The van der Waals surface area contributed by atoms with Gasteiger partial charge in [0.15, 0.2) is 0 Å². The summed E-state index contributed by atoms with van der Waals surface area (Å²) in [5, 5.41) is 0. The van der Waals surface area contributed by atoms with Crippen molar-refractivity contribution in [1.82, 2.24) is 19.8 Å². The molecule has 0 atom stereocenters. The van der Waals surface area contributed by atoms with Crippen LogP contribution in [0.2, 0.25) is 0 Å². The molecule has 25 heavy (non-hydrogen) atoms. The first-order valence-electron chi connectivity index (χ1n) is 10.0. The van der Waals surface area contributed by atoms with E-state index in [2.05, 4.69) is 21.8 Å². The third-order valence-electron chi connectivity index (χ3n) is 6.30. The van der Waals surface area contributed by atoms with Crippen molar-refractivity contribution in [3.8, 4) is 0 Å². The van der Waals surface area contributed by atoms with Crippen LogP contribution in [0.15, 0.2) is 6.20 Å². The third kappa shape index (κ3) is 3.71. The Balaban J connectivity index is 1.42. The molecule has 5 nitrogen and oxygen atoms in total. The van der Waals surface area contributed by atoms with E-state index in [9.17, 15) is 4.79 Å². The van der Waals surface area contributed by atoms with Gasteiger partial charge in [0.05, 0.1) is 5.69 Å². The van der Waals surface area contributed by atoms with Crippen LogP contribution in [-0.2, 0) is 17.8 Å². The Morgan fingerprint density at radius 3 is 2.60 bits per heavy atom. The van der Waals surface area contributed by atoms with Crippen LogP contribution >= 0.6 is 0 Å². The second kappa shape index (κ2) is 7.40. The van der Waals surface area contributed by atoms with Gasteiger partial charge in [-0.15, -0.1) is 0 Å². The molecule has 0 aromatic carbocycles. The van der Waals surface area contributed by atoms with Crippen LogP contribution in [0, 0.1) is 5.92 Å². The van der Waals surface area contributed by atoms with E-state index in [4.69, 9.17) is 4.98 Å². The number of carbonyl (C=O) groups is 1. The number of rotatable bonds is 2. The molecule has 0 bridgehead atoms. The van der Waals surface area contributed by atoms with Crippen molar-refractivity contribution in [2.24, 2.45) is 5.92 Å². The Kier molecular flexibility index (Phi) is 5.02. The number of fused-ring (bicyclic) bond motifs is 1. The minimum Gasteiger partial charge on any atom is -0.338 e. The third-order valence-corrected chi connectivity index (χ3v) is 6.30. The molecule has 1 aromatic heterocycles. The Hall–Kier alpha value is -1.49. The zero-order valence-corrected chi connectivity index (χ0v) is 15.4. The molecule has 2 aliphatic heterocycles. The Bertz CT molecular complexity index is 618. The molecule has 3 aliphatic rings. The van der Waals surface area contributed by atoms with Crippen LogP contribution in [0.3, 0.4) is 0 Å². The second-order valence-electron chi connectivity index (χ2n) is 8.12. The first-order chi connectivity index (χ1) is 12.2. The van der Waals surface area contributed by atoms with E-state index in [1.165, 1.54) is 25.0 Å². The van der Waals surface area contributed by atoms with Gasteiger partial charge >= 0.3 is 0 Å². The van der Waals surface area contributed by atoms with Gasteiger partial charge in [-0.05, 0) is 45.8 Å². The van der Waals surface area contributed by atoms with Gasteiger partial charge in [0.25, 0.3) is 0 Å². The standard InChI is InChI=1S/C20H30N4O/c1-23-10-7-15(8-11-23)19-21-13-17-14-24(12-9-18(17)22-19)20(25)16-5-3-2-4-6-16/h13,15-16H,2-12,14H2,1H3. The van der Waals surface area contributed by atoms with Crippen LogP contribution in [0.4, 0.5) is 0 Å². The molecule has 0 N–H and O–H groups in total. The van der Waals surface area contributed by atoms with E-state index in [1.807, 2.05) is 6.20 Å². The van der Waals surface area contributed by atoms with Crippen molar-refractivity contribution in [3.63, 3.8) is 0 Å². The molecule has 1 saturated carbocycles. The molecule has 136 valence electrons. The second-order valence-corrected chi connectivity index (χ2v) is 8.12. The smallest absolute Gasteiger partial charge is 0.225 e. The highest BCUT2D eigenvalue weighted by Gasteiger charge is 2.29. The maximum Gasteiger partial charge on any atom is 0.225 e. The molecule has 4 rings (SSSR count). The van der Waals surface area contributed by atoms with Crippen molar-refractivity contribution < 1.29 is 4.79 Å². The summed E-state index contributed by atoms with van der Waals surface area (Å²) in [5.74, 6) is 2.15. The summed E-state index contributed by atoms with van der Waals surface area (Å²) in [5.41, 5.74) is 2.34. The normalized spacial score (nSPS) is 23.5. The van der Waals surface area contributed by atoms with Gasteiger partial charge in [0.1, 0.15) is 5.82 Å². The number of hydrogen-bond donors (Lipinski definition) is 0. The van der Waals surface area contributed by atoms with Gasteiger partial charge in [-0.2, -0.15) is 0 Å². The zero-order valence-electron chi connectivity index (χ0n) is 15.4. The SMILES string of the molecule is CN1CCC(c2ncc3c(n2)CCN(C(=O)C2CCCCC2)C3)CC1. The first-order valence-corrected chi connectivity index (χ1v) is 10.0. The van der Waals surface area contributed by atoms with E-state index in [-0.39, 0.29) is 5.92 Å². The predicted octanol–water partition coefficient (Wildman–Crippen LogP) is 2.75. The van der Waals surface area contributed by atoms with E-state index >= 15 is 0 Å². The minimum absolute atomic E-state index is 0.259. The highest BCUT2D eigenvalue weighted by molar-refractivity contribution is 5.79. The molecule has 1 aliphatic carbocycles. The fourth-order valence-corrected chi connectivity index (χ4v) is 4.59. The van der Waals surface area contributed by atoms with E-state index in [0.29, 0.717) is 18.4 Å². The van der Waals surface area contributed by atoms with Gasteiger partial charge in [-0.25, -0.2) is 9.97 Å². The average molecular weight is 342 g/mol. The van der Waals surface area contributed by atoms with Crippen molar-refractivity contribution >= 4 is 5.91 Å². The van der Waals surface area contributed by atoms with Crippen LogP contribution < -0.4 is 0 Å². The zero-order chi connectivity index (χ0) is 17.2. The lowest BCUT2D eigenvalue weighted by molar-refractivity contribution is -0.137. The summed E-state index contributed by atoms with van der Waals surface area (Å²) in [6.45, 7) is 3.80. The highest BCUT2D eigenvalue weighted by Crippen LogP contribution is 2.29. The van der Waals surface area contributed by atoms with E-state index < -0.39 is 0 Å². The van der Waals surface area contributed by atoms with Crippen molar-refractivity contribution in [2.45, 2.75) is 63.8 Å². The largest absolute Gasteiger partial charge is 0.338 e. The van der Waals surface area contributed by atoms with Crippen LogP contribution in [-0.4, -0.2) is 52.4 Å². The first kappa shape index (κ1) is 17.0. The average Bonchev–Trinajstić information content (AvgIpc) is 2.68. The monoisotopic (exact) mass is 342 g/mol. The molecule has 1 amide bonds. The lowest BCUT2D eigenvalue weighted by Crippen LogP contribution is -2.41. The Labute approximate surface area is 150 Å². The molecule has 0 spiro atoms. The number of nitrogens with zero attached hydrogens (tertiary/aromatic N) is 4. The number of aromatic nitrogens is 2. The van der Waals surface area contributed by atoms with Crippen LogP contribution in [0.25, 0.3) is 0 Å². The van der Waals surface area contributed by atoms with Gasteiger partial charge in [0.2, 0.25) is 5.91 Å². The van der Waals surface area contributed by atoms with Crippen molar-refractivity contribution in [3.05, 3.63) is 23.3 Å². The summed E-state index contributed by atoms with van der Waals surface area (Å²) >= 11 is 0. The fraction of sp³-hybridized carbons (Fsp3) is 0.750. The number of hydrogen-bond acceptors (Lipinski definition) is 4. The highest BCUT2D eigenvalue weighted by atomic mass is 16.2. The van der Waals surface area contributed by atoms with Gasteiger partial charge in [-0.1, -0.05) is 19.3 Å².